The molecule has 0 aliphatic carbocycles. The molecule has 0 amide bonds. The average molecular weight is 545 g/mol. The molecule has 0 radical (unpaired) electrons. The number of aryl methyl sites for hydroxylation is 2. The van der Waals surface area contributed by atoms with Crippen LogP contribution in [-0.2, 0) is 17.6 Å². The molecule has 10 heteroatoms. The van der Waals surface area contributed by atoms with Crippen LogP contribution < -0.4 is 10.4 Å². The summed E-state index contributed by atoms with van der Waals surface area (Å²) in [6.07, 6.45) is 4.93. The maximum absolute atomic E-state index is 14.0. The van der Waals surface area contributed by atoms with Crippen molar-refractivity contribution in [2.75, 3.05) is 20.3 Å². The molecule has 1 heterocycles. The van der Waals surface area contributed by atoms with Crippen molar-refractivity contribution < 1.29 is 40.2 Å². The second-order valence-electron chi connectivity index (χ2n) is 9.15. The predicted molar refractivity (Wildman–Crippen MR) is 133 cm³/mol. The standard InChI is InChI=1S/C28H30F6O4/c1-4-6-7-8-18-9-12-22(19(5-2)13-18)23-14-20-10-11-21(15-24(20)38-25(23)35)37-17-27(31,32)28(33,34)26(29,30)16-36-3/h9-15H,4-8,16-17H2,1-3H3. The van der Waals surface area contributed by atoms with Gasteiger partial charge in [-0.15, -0.1) is 0 Å². The molecule has 0 bridgehead atoms. The summed E-state index contributed by atoms with van der Waals surface area (Å²) in [6.45, 7) is 0.192. The lowest BCUT2D eigenvalue weighted by molar-refractivity contribution is -0.323. The van der Waals surface area contributed by atoms with Crippen LogP contribution in [0.4, 0.5) is 26.3 Å². The van der Waals surface area contributed by atoms with Gasteiger partial charge in [-0.3, -0.25) is 0 Å². The normalized spacial score (nSPS) is 12.8. The van der Waals surface area contributed by atoms with Crippen molar-refractivity contribution in [1.29, 1.82) is 0 Å². The maximum atomic E-state index is 14.0. The lowest BCUT2D eigenvalue weighted by atomic mass is 9.94. The fourth-order valence-corrected chi connectivity index (χ4v) is 4.11. The summed E-state index contributed by atoms with van der Waals surface area (Å²) in [5.41, 5.74) is 2.45. The van der Waals surface area contributed by atoms with Gasteiger partial charge in [0.2, 0.25) is 0 Å². The number of benzene rings is 2. The van der Waals surface area contributed by atoms with Gasteiger partial charge in [0.05, 0.1) is 5.56 Å². The Labute approximate surface area is 216 Å². The summed E-state index contributed by atoms with van der Waals surface area (Å²) in [5, 5.41) is 0.435. The minimum absolute atomic E-state index is 0.0368. The molecule has 4 nitrogen and oxygen atoms in total. The molecule has 0 saturated carbocycles. The Kier molecular flexibility index (Phi) is 9.17. The first kappa shape index (κ1) is 29.5. The maximum Gasteiger partial charge on any atom is 0.377 e. The van der Waals surface area contributed by atoms with E-state index >= 15 is 0 Å². The van der Waals surface area contributed by atoms with Crippen molar-refractivity contribution in [3.05, 3.63) is 64.0 Å². The largest absolute Gasteiger partial charge is 0.487 e. The van der Waals surface area contributed by atoms with Crippen LogP contribution in [0.3, 0.4) is 0 Å². The zero-order valence-electron chi connectivity index (χ0n) is 21.4. The summed E-state index contributed by atoms with van der Waals surface area (Å²) in [7, 11) is 0.694. The molecular formula is C28H30F6O4. The van der Waals surface area contributed by atoms with E-state index in [1.165, 1.54) is 17.7 Å². The van der Waals surface area contributed by atoms with Crippen LogP contribution >= 0.6 is 0 Å². The number of unbranched alkanes of at least 4 members (excludes halogenated alkanes) is 2. The number of hydrogen-bond donors (Lipinski definition) is 0. The molecule has 0 unspecified atom stereocenters. The highest BCUT2D eigenvalue weighted by Crippen LogP contribution is 2.46. The van der Waals surface area contributed by atoms with Crippen molar-refractivity contribution >= 4 is 11.0 Å². The third kappa shape index (κ3) is 6.17. The molecule has 3 rings (SSSR count). The molecule has 0 spiro atoms. The Bertz CT molecular complexity index is 1300. The molecule has 0 fully saturated rings. The lowest BCUT2D eigenvalue weighted by Gasteiger charge is -2.32. The molecule has 38 heavy (non-hydrogen) atoms. The summed E-state index contributed by atoms with van der Waals surface area (Å²) in [6, 6.07) is 11.2. The van der Waals surface area contributed by atoms with Crippen molar-refractivity contribution in [2.45, 2.75) is 63.7 Å². The summed E-state index contributed by atoms with van der Waals surface area (Å²) < 4.78 is 96.8. The molecule has 0 atom stereocenters. The fourth-order valence-electron chi connectivity index (χ4n) is 4.11. The van der Waals surface area contributed by atoms with E-state index in [0.717, 1.165) is 37.3 Å². The first-order valence-corrected chi connectivity index (χ1v) is 12.3. The van der Waals surface area contributed by atoms with Crippen LogP contribution in [0, 0.1) is 0 Å². The van der Waals surface area contributed by atoms with E-state index in [1.54, 1.807) is 6.07 Å². The molecule has 2 aromatic carbocycles. The van der Waals surface area contributed by atoms with Crippen molar-refractivity contribution in [3.63, 3.8) is 0 Å². The monoisotopic (exact) mass is 544 g/mol. The molecule has 3 aromatic rings. The van der Waals surface area contributed by atoms with Gasteiger partial charge in [0.15, 0.2) is 6.61 Å². The number of alkyl halides is 6. The SMILES string of the molecule is CCCCCc1ccc(-c2cc3ccc(OCC(F)(F)C(F)(F)C(F)(F)COC)cc3oc2=O)c(CC)c1. The smallest absolute Gasteiger partial charge is 0.377 e. The third-order valence-corrected chi connectivity index (χ3v) is 6.28. The van der Waals surface area contributed by atoms with Gasteiger partial charge in [0.1, 0.15) is 17.9 Å². The molecule has 0 aliphatic heterocycles. The molecule has 1 aromatic heterocycles. The third-order valence-electron chi connectivity index (χ3n) is 6.28. The van der Waals surface area contributed by atoms with Gasteiger partial charge in [-0.25, -0.2) is 4.79 Å². The molecular weight excluding hydrogens is 514 g/mol. The van der Waals surface area contributed by atoms with Gasteiger partial charge < -0.3 is 13.9 Å². The minimum atomic E-state index is -5.73. The summed E-state index contributed by atoms with van der Waals surface area (Å²) >= 11 is 0. The van der Waals surface area contributed by atoms with Crippen LogP contribution in [0.15, 0.2) is 51.7 Å². The Balaban J connectivity index is 1.85. The van der Waals surface area contributed by atoms with E-state index in [1.807, 2.05) is 19.1 Å². The lowest BCUT2D eigenvalue weighted by Crippen LogP contribution is -2.58. The Hall–Kier alpha value is -3.01. The fraction of sp³-hybridized carbons (Fsp3) is 0.464. The Morgan fingerprint density at radius 3 is 2.21 bits per heavy atom. The van der Waals surface area contributed by atoms with Gasteiger partial charge in [-0.1, -0.05) is 44.9 Å². The van der Waals surface area contributed by atoms with Gasteiger partial charge in [0, 0.05) is 18.6 Å². The molecule has 0 aliphatic rings. The van der Waals surface area contributed by atoms with E-state index in [2.05, 4.69) is 17.7 Å². The van der Waals surface area contributed by atoms with Crippen molar-refractivity contribution in [2.24, 2.45) is 0 Å². The van der Waals surface area contributed by atoms with E-state index in [-0.39, 0.29) is 11.3 Å². The zero-order chi connectivity index (χ0) is 28.1. The van der Waals surface area contributed by atoms with Crippen LogP contribution in [0.2, 0.25) is 0 Å². The topological polar surface area (TPSA) is 48.7 Å². The van der Waals surface area contributed by atoms with E-state index in [0.29, 0.717) is 30.0 Å². The Morgan fingerprint density at radius 2 is 1.55 bits per heavy atom. The summed E-state index contributed by atoms with van der Waals surface area (Å²) in [5.74, 6) is -16.4. The Morgan fingerprint density at radius 1 is 0.842 bits per heavy atom. The number of ether oxygens (including phenoxy) is 2. The van der Waals surface area contributed by atoms with E-state index < -0.39 is 36.6 Å². The predicted octanol–water partition coefficient (Wildman–Crippen LogP) is 7.69. The molecule has 0 N–H and O–H groups in total. The number of methoxy groups -OCH3 is 1. The van der Waals surface area contributed by atoms with Crippen LogP contribution in [0.1, 0.15) is 44.2 Å². The second-order valence-corrected chi connectivity index (χ2v) is 9.15. The first-order chi connectivity index (χ1) is 17.9. The second kappa shape index (κ2) is 11.8. The highest BCUT2D eigenvalue weighted by atomic mass is 19.3. The van der Waals surface area contributed by atoms with Gasteiger partial charge in [-0.05, 0) is 54.2 Å². The minimum Gasteiger partial charge on any atom is -0.487 e. The number of halogens is 6. The van der Waals surface area contributed by atoms with Crippen molar-refractivity contribution in [3.8, 4) is 16.9 Å². The van der Waals surface area contributed by atoms with Crippen LogP contribution in [0.25, 0.3) is 22.1 Å². The number of fused-ring (bicyclic) bond motifs is 1. The molecule has 0 saturated heterocycles. The van der Waals surface area contributed by atoms with Gasteiger partial charge >= 0.3 is 23.4 Å². The van der Waals surface area contributed by atoms with Crippen LogP contribution in [0.5, 0.6) is 5.75 Å². The van der Waals surface area contributed by atoms with Crippen molar-refractivity contribution in [1.82, 2.24) is 0 Å². The summed E-state index contributed by atoms with van der Waals surface area (Å²) in [4.78, 5) is 12.8. The van der Waals surface area contributed by atoms with E-state index in [4.69, 9.17) is 9.15 Å². The number of hydrogen-bond acceptors (Lipinski definition) is 4. The highest BCUT2D eigenvalue weighted by Gasteiger charge is 2.71. The number of rotatable bonds is 13. The quantitative estimate of drug-likeness (QED) is 0.126. The highest BCUT2D eigenvalue weighted by molar-refractivity contribution is 5.83. The van der Waals surface area contributed by atoms with E-state index in [9.17, 15) is 31.1 Å². The molecule has 208 valence electrons. The van der Waals surface area contributed by atoms with Crippen LogP contribution in [-0.4, -0.2) is 38.1 Å². The van der Waals surface area contributed by atoms with Gasteiger partial charge in [0.25, 0.3) is 0 Å². The zero-order valence-corrected chi connectivity index (χ0v) is 21.4. The average Bonchev–Trinajstić information content (AvgIpc) is 2.87. The first-order valence-electron chi connectivity index (χ1n) is 12.3. The van der Waals surface area contributed by atoms with Gasteiger partial charge in [-0.2, -0.15) is 26.3 Å².